The van der Waals surface area contributed by atoms with Crippen molar-refractivity contribution in [1.29, 1.82) is 0 Å². The number of nitrogens with one attached hydrogen (secondary N) is 1. The largest absolute Gasteiger partial charge is 0.394 e. The molecule has 2 unspecified atom stereocenters. The second kappa shape index (κ2) is 49.0. The van der Waals surface area contributed by atoms with Gasteiger partial charge in [0.2, 0.25) is 5.91 Å². The zero-order valence-corrected chi connectivity index (χ0v) is 38.6. The van der Waals surface area contributed by atoms with E-state index in [1.165, 1.54) is 225 Å². The Hall–Kier alpha value is -1.39. The second-order valence-electron chi connectivity index (χ2n) is 17.6. The third kappa shape index (κ3) is 45.5. The van der Waals surface area contributed by atoms with Gasteiger partial charge < -0.3 is 15.5 Å². The molecule has 4 heteroatoms. The Balaban J connectivity index is 3.51. The molecule has 0 radical (unpaired) electrons. The highest BCUT2D eigenvalue weighted by molar-refractivity contribution is 5.76. The Morgan fingerprint density at radius 2 is 0.684 bits per heavy atom. The van der Waals surface area contributed by atoms with Gasteiger partial charge in [-0.25, -0.2) is 0 Å². The molecule has 2 atom stereocenters. The van der Waals surface area contributed by atoms with Gasteiger partial charge in [0.25, 0.3) is 0 Å². The third-order valence-corrected chi connectivity index (χ3v) is 11.8. The van der Waals surface area contributed by atoms with E-state index < -0.39 is 12.1 Å². The molecular formula is C53H101NO3. The lowest BCUT2D eigenvalue weighted by Gasteiger charge is -2.19. The highest BCUT2D eigenvalue weighted by Gasteiger charge is 2.17. The lowest BCUT2D eigenvalue weighted by molar-refractivity contribution is -0.123. The van der Waals surface area contributed by atoms with Gasteiger partial charge in [-0.1, -0.05) is 249 Å². The summed E-state index contributed by atoms with van der Waals surface area (Å²) < 4.78 is 0. The van der Waals surface area contributed by atoms with Crippen molar-refractivity contribution in [2.75, 3.05) is 6.61 Å². The van der Waals surface area contributed by atoms with Gasteiger partial charge in [-0.05, 0) is 57.8 Å². The third-order valence-electron chi connectivity index (χ3n) is 11.8. The number of aliphatic hydroxyl groups excluding tert-OH is 2. The number of unbranched alkanes of at least 4 members (excludes halogenated alkanes) is 36. The molecule has 0 aromatic rings. The minimum atomic E-state index is -0.861. The SMILES string of the molecule is CCCCCCCCCCCCC/C=C/CC/C=C/C(O)C(CO)NC(=O)CCCCCCCCCCCCCC/C=C\CCCCCCCCCCCCCC. The Bertz CT molecular complexity index is 866. The van der Waals surface area contributed by atoms with Gasteiger partial charge >= 0.3 is 0 Å². The molecule has 0 aliphatic heterocycles. The lowest BCUT2D eigenvalue weighted by Crippen LogP contribution is -2.45. The van der Waals surface area contributed by atoms with E-state index in [2.05, 4.69) is 43.5 Å². The highest BCUT2D eigenvalue weighted by atomic mass is 16.3. The molecule has 0 aromatic heterocycles. The van der Waals surface area contributed by atoms with Gasteiger partial charge in [-0.2, -0.15) is 0 Å². The van der Waals surface area contributed by atoms with E-state index in [1.807, 2.05) is 6.08 Å². The fraction of sp³-hybridized carbons (Fsp3) is 0.868. The summed E-state index contributed by atoms with van der Waals surface area (Å²) in [6.07, 6.45) is 65.7. The van der Waals surface area contributed by atoms with Crippen molar-refractivity contribution in [1.82, 2.24) is 5.32 Å². The minimum Gasteiger partial charge on any atom is -0.394 e. The van der Waals surface area contributed by atoms with E-state index >= 15 is 0 Å². The van der Waals surface area contributed by atoms with Gasteiger partial charge in [0.15, 0.2) is 0 Å². The molecule has 336 valence electrons. The minimum absolute atomic E-state index is 0.0716. The molecular weight excluding hydrogens is 699 g/mol. The maximum absolute atomic E-state index is 12.4. The van der Waals surface area contributed by atoms with Crippen molar-refractivity contribution in [2.45, 2.75) is 289 Å². The van der Waals surface area contributed by atoms with Crippen LogP contribution in [0.1, 0.15) is 277 Å². The van der Waals surface area contributed by atoms with Crippen molar-refractivity contribution < 1.29 is 15.0 Å². The normalized spacial score (nSPS) is 13.1. The Morgan fingerprint density at radius 3 is 1.02 bits per heavy atom. The molecule has 4 nitrogen and oxygen atoms in total. The number of amides is 1. The molecule has 0 fully saturated rings. The molecule has 0 aromatic carbocycles. The maximum Gasteiger partial charge on any atom is 0.220 e. The molecule has 0 aliphatic rings. The molecule has 0 saturated heterocycles. The summed E-state index contributed by atoms with van der Waals surface area (Å²) in [4.78, 5) is 12.4. The van der Waals surface area contributed by atoms with Crippen molar-refractivity contribution in [3.05, 3.63) is 36.5 Å². The van der Waals surface area contributed by atoms with Crippen LogP contribution in [0.25, 0.3) is 0 Å². The summed E-state index contributed by atoms with van der Waals surface area (Å²) in [6, 6.07) is -0.638. The number of hydrogen-bond acceptors (Lipinski definition) is 3. The first-order valence-corrected chi connectivity index (χ1v) is 25.7. The average Bonchev–Trinajstić information content (AvgIpc) is 3.22. The fourth-order valence-corrected chi connectivity index (χ4v) is 7.90. The summed E-state index contributed by atoms with van der Waals surface area (Å²) in [5.41, 5.74) is 0. The summed E-state index contributed by atoms with van der Waals surface area (Å²) >= 11 is 0. The molecule has 0 bridgehead atoms. The van der Waals surface area contributed by atoms with Crippen LogP contribution in [0, 0.1) is 0 Å². The summed E-state index contributed by atoms with van der Waals surface area (Å²) in [6.45, 7) is 4.32. The average molecular weight is 800 g/mol. The van der Waals surface area contributed by atoms with Crippen LogP contribution < -0.4 is 5.32 Å². The zero-order chi connectivity index (χ0) is 41.4. The number of aliphatic hydroxyl groups is 2. The van der Waals surface area contributed by atoms with Crippen LogP contribution >= 0.6 is 0 Å². The quantitative estimate of drug-likeness (QED) is 0.0424. The zero-order valence-electron chi connectivity index (χ0n) is 38.6. The van der Waals surface area contributed by atoms with Crippen molar-refractivity contribution >= 4 is 5.91 Å². The summed E-state index contributed by atoms with van der Waals surface area (Å²) in [5, 5.41) is 23.1. The van der Waals surface area contributed by atoms with Crippen molar-refractivity contribution in [2.24, 2.45) is 0 Å². The predicted octanol–water partition coefficient (Wildman–Crippen LogP) is 16.5. The number of hydrogen-bond donors (Lipinski definition) is 3. The summed E-state index contributed by atoms with van der Waals surface area (Å²) in [5.74, 6) is -0.0716. The first kappa shape index (κ1) is 55.6. The van der Waals surface area contributed by atoms with Crippen LogP contribution in [0.15, 0.2) is 36.5 Å². The first-order chi connectivity index (χ1) is 28.2. The fourth-order valence-electron chi connectivity index (χ4n) is 7.90. The van der Waals surface area contributed by atoms with Crippen molar-refractivity contribution in [3.63, 3.8) is 0 Å². The predicted molar refractivity (Wildman–Crippen MR) is 253 cm³/mol. The molecule has 1 amide bonds. The lowest BCUT2D eigenvalue weighted by atomic mass is 10.0. The van der Waals surface area contributed by atoms with Crippen LogP contribution in [0.3, 0.4) is 0 Å². The van der Waals surface area contributed by atoms with Crippen LogP contribution in [-0.4, -0.2) is 34.9 Å². The van der Waals surface area contributed by atoms with Gasteiger partial charge in [0.1, 0.15) is 0 Å². The topological polar surface area (TPSA) is 69.6 Å². The number of carbonyl (C=O) groups excluding carboxylic acids is 1. The Kier molecular flexibility index (Phi) is 47.8. The monoisotopic (exact) mass is 800 g/mol. The van der Waals surface area contributed by atoms with Crippen LogP contribution in [-0.2, 0) is 4.79 Å². The number of allylic oxidation sites excluding steroid dienone is 5. The molecule has 0 aliphatic carbocycles. The van der Waals surface area contributed by atoms with Crippen LogP contribution in [0.5, 0.6) is 0 Å². The smallest absolute Gasteiger partial charge is 0.220 e. The molecule has 0 rings (SSSR count). The molecule has 3 N–H and O–H groups in total. The van der Waals surface area contributed by atoms with E-state index in [1.54, 1.807) is 6.08 Å². The standard InChI is InChI=1S/C53H101NO3/c1-3-5-7-9-11-13-15-17-19-21-22-23-24-25-26-27-28-29-30-31-33-35-37-39-41-43-45-47-49-53(57)54-51(50-55)52(56)48-46-44-42-40-38-36-34-32-20-18-16-14-12-10-8-6-4-2/h25-26,38,40,46,48,51-52,55-56H,3-24,27-37,39,41-45,47,49-50H2,1-2H3,(H,54,57)/b26-25-,40-38+,48-46+. The molecule has 0 spiro atoms. The van der Waals surface area contributed by atoms with Crippen molar-refractivity contribution in [3.8, 4) is 0 Å². The van der Waals surface area contributed by atoms with Gasteiger partial charge in [0.05, 0.1) is 18.8 Å². The van der Waals surface area contributed by atoms with Gasteiger partial charge in [-0.15, -0.1) is 0 Å². The molecule has 0 saturated carbocycles. The number of rotatable bonds is 47. The summed E-state index contributed by atoms with van der Waals surface area (Å²) in [7, 11) is 0. The van der Waals surface area contributed by atoms with Gasteiger partial charge in [0, 0.05) is 6.42 Å². The molecule has 0 heterocycles. The van der Waals surface area contributed by atoms with E-state index in [0.29, 0.717) is 6.42 Å². The van der Waals surface area contributed by atoms with E-state index in [4.69, 9.17) is 0 Å². The highest BCUT2D eigenvalue weighted by Crippen LogP contribution is 2.16. The van der Waals surface area contributed by atoms with Crippen LogP contribution in [0.2, 0.25) is 0 Å². The first-order valence-electron chi connectivity index (χ1n) is 25.7. The van der Waals surface area contributed by atoms with E-state index in [-0.39, 0.29) is 12.5 Å². The maximum atomic E-state index is 12.4. The van der Waals surface area contributed by atoms with E-state index in [9.17, 15) is 15.0 Å². The van der Waals surface area contributed by atoms with Gasteiger partial charge in [-0.3, -0.25) is 4.79 Å². The Morgan fingerprint density at radius 1 is 0.404 bits per heavy atom. The van der Waals surface area contributed by atoms with Crippen LogP contribution in [0.4, 0.5) is 0 Å². The number of carbonyl (C=O) groups is 1. The van der Waals surface area contributed by atoms with E-state index in [0.717, 1.165) is 32.1 Å². The molecule has 57 heavy (non-hydrogen) atoms. The second-order valence-corrected chi connectivity index (χ2v) is 17.6. The Labute approximate surface area is 357 Å².